The van der Waals surface area contributed by atoms with Crippen molar-refractivity contribution >= 4 is 10.2 Å². The zero-order chi connectivity index (χ0) is 4.41. The molecule has 3 heteroatoms. The van der Waals surface area contributed by atoms with E-state index in [0.29, 0.717) is 0 Å². The smallest absolute Gasteiger partial charge is 1.00 e. The van der Waals surface area contributed by atoms with Crippen LogP contribution in [0.15, 0.2) is 17.0 Å². The van der Waals surface area contributed by atoms with Crippen LogP contribution in [-0.4, -0.2) is 10.2 Å². The Morgan fingerprint density at radius 3 is 2.12 bits per heavy atom. The summed E-state index contributed by atoms with van der Waals surface area (Å²) in [5.41, 5.74) is 6.24. The van der Waals surface area contributed by atoms with Crippen molar-refractivity contribution in [3.8, 4) is 0 Å². The number of hydrogen-bond acceptors (Lipinski definition) is 0. The molecule has 1 fully saturated rings. The molecule has 0 spiro atoms. The summed E-state index contributed by atoms with van der Waals surface area (Å²) >= 11 is 0. The van der Waals surface area contributed by atoms with Crippen molar-refractivity contribution in [3.63, 3.8) is 0 Å². The summed E-state index contributed by atoms with van der Waals surface area (Å²) in [6.07, 6.45) is 2.53. The van der Waals surface area contributed by atoms with Gasteiger partial charge in [-0.05, 0) is 18.4 Å². The van der Waals surface area contributed by atoms with Gasteiger partial charge in [-0.25, -0.2) is 0 Å². The van der Waals surface area contributed by atoms with Gasteiger partial charge in [0.05, 0.1) is 10.2 Å². The number of hydrogen-bond donors (Lipinski definition) is 0. The van der Waals surface area contributed by atoms with Crippen LogP contribution in [0.3, 0.4) is 0 Å². The molecule has 37 valence electrons. The van der Waals surface area contributed by atoms with Gasteiger partial charge in [0.15, 0.2) is 0 Å². The predicted molar refractivity (Wildman–Crippen MR) is 26.6 cm³/mol. The molecule has 0 aliphatic heterocycles. The van der Waals surface area contributed by atoms with E-state index in [0.717, 1.165) is 0 Å². The maximum absolute atomic E-state index is 3.17. The minimum Gasteiger partial charge on any atom is -1.00 e. The molecule has 1 saturated carbocycles. The predicted octanol–water partition coefficient (Wildman–Crippen LogP) is -5.00. The first-order valence-corrected chi connectivity index (χ1v) is 2.61. The van der Waals surface area contributed by atoms with Crippen LogP contribution in [0.4, 0.5) is 0 Å². The third-order valence-electron chi connectivity index (χ3n) is 0.776. The third kappa shape index (κ3) is 4.96. The Bertz CT molecular complexity index is 110. The number of rotatable bonds is 0. The first-order chi connectivity index (χ1) is 2.93. The van der Waals surface area contributed by atoms with Crippen molar-refractivity contribution in [1.82, 2.24) is 0 Å². The molecule has 0 heterocycles. The summed E-state index contributed by atoms with van der Waals surface area (Å²) in [6.45, 7) is 0. The van der Waals surface area contributed by atoms with Gasteiger partial charge in [0.1, 0.15) is 0 Å². The first-order valence-electron chi connectivity index (χ1n) is 2.03. The summed E-state index contributed by atoms with van der Waals surface area (Å²) in [4.78, 5) is 0. The monoisotopic (exact) mass is 179 g/mol. The molecular weight excluding hydrogens is 175 g/mol. The molecule has 0 bridgehead atoms. The second-order valence-electron chi connectivity index (χ2n) is 1.39. The molecule has 0 saturated heterocycles. The van der Waals surface area contributed by atoms with Crippen molar-refractivity contribution in [3.05, 3.63) is 17.0 Å². The molecule has 0 nitrogen and oxygen atoms in total. The van der Waals surface area contributed by atoms with Gasteiger partial charge < -0.3 is 17.0 Å². The molecule has 1 aliphatic rings. The Kier molecular flexibility index (Phi) is 8.61. The van der Waals surface area contributed by atoms with Gasteiger partial charge in [0.2, 0.25) is 0 Å². The van der Waals surface area contributed by atoms with Crippen LogP contribution < -0.4 is 35.8 Å². The van der Waals surface area contributed by atoms with Crippen molar-refractivity contribution in [1.29, 1.82) is 0 Å². The van der Waals surface area contributed by atoms with E-state index in [4.69, 9.17) is 0 Å². The van der Waals surface area contributed by atoms with E-state index >= 15 is 0 Å². The van der Waals surface area contributed by atoms with Gasteiger partial charge in [-0.1, -0.05) is 5.70 Å². The van der Waals surface area contributed by atoms with Crippen LogP contribution in [0.5, 0.6) is 0 Å². The molecular formula is C5H5BrLiSi. The van der Waals surface area contributed by atoms with E-state index in [1.54, 1.807) is 5.70 Å². The standard InChI is InChI=1S/C5H5Si.BrH.Li/c6-4-3-5-1-2-5;;/h4H,1-2H2;1H;/q;;+1/p-1. The summed E-state index contributed by atoms with van der Waals surface area (Å²) in [5, 5.41) is 0. The summed E-state index contributed by atoms with van der Waals surface area (Å²) in [6, 6.07) is 0. The number of allylic oxidation sites excluding steroid dienone is 1. The van der Waals surface area contributed by atoms with Gasteiger partial charge >= 0.3 is 18.9 Å². The fraction of sp³-hybridized carbons (Fsp3) is 0.400. The second kappa shape index (κ2) is 5.94. The molecule has 0 N–H and O–H groups in total. The fourth-order valence-electron chi connectivity index (χ4n) is 0.309. The minimum atomic E-state index is 0. The molecule has 1 aliphatic carbocycles. The molecule has 0 aromatic heterocycles. The average Bonchev–Trinajstić information content (AvgIpc) is 2.21. The SMILES string of the molecule is [Br-].[Li+].[Si]C=C=C1CC1. The van der Waals surface area contributed by atoms with Crippen LogP contribution in [0.1, 0.15) is 12.8 Å². The van der Waals surface area contributed by atoms with Crippen molar-refractivity contribution in [2.24, 2.45) is 0 Å². The fourth-order valence-corrected chi connectivity index (χ4v) is 0.513. The van der Waals surface area contributed by atoms with E-state index in [1.165, 1.54) is 18.4 Å². The molecule has 8 heavy (non-hydrogen) atoms. The van der Waals surface area contributed by atoms with Crippen LogP contribution in [0.2, 0.25) is 0 Å². The summed E-state index contributed by atoms with van der Waals surface area (Å²) < 4.78 is 0. The zero-order valence-electron chi connectivity index (χ0n) is 4.87. The van der Waals surface area contributed by atoms with E-state index in [2.05, 4.69) is 16.0 Å². The quantitative estimate of drug-likeness (QED) is 0.258. The molecule has 0 aromatic rings. The minimum absolute atomic E-state index is 0. The molecule has 0 atom stereocenters. The molecule has 0 unspecified atom stereocenters. The Morgan fingerprint density at radius 1 is 1.50 bits per heavy atom. The van der Waals surface area contributed by atoms with Gasteiger partial charge in [0.25, 0.3) is 0 Å². The van der Waals surface area contributed by atoms with Gasteiger partial charge in [0, 0.05) is 0 Å². The molecule has 0 aromatic carbocycles. The summed E-state index contributed by atoms with van der Waals surface area (Å²) in [5.74, 6) is 0. The van der Waals surface area contributed by atoms with Crippen LogP contribution in [0.25, 0.3) is 0 Å². The van der Waals surface area contributed by atoms with Crippen LogP contribution in [0, 0.1) is 0 Å². The van der Waals surface area contributed by atoms with E-state index in [1.807, 2.05) is 0 Å². The Labute approximate surface area is 75.8 Å². The largest absolute Gasteiger partial charge is 1.00 e. The van der Waals surface area contributed by atoms with E-state index in [-0.39, 0.29) is 35.8 Å². The first kappa shape index (κ1) is 11.6. The van der Waals surface area contributed by atoms with Gasteiger partial charge in [-0.2, -0.15) is 0 Å². The maximum atomic E-state index is 3.17. The normalized spacial score (nSPS) is 12.4. The van der Waals surface area contributed by atoms with Crippen molar-refractivity contribution in [2.75, 3.05) is 0 Å². The van der Waals surface area contributed by atoms with Crippen molar-refractivity contribution in [2.45, 2.75) is 12.8 Å². The Morgan fingerprint density at radius 2 is 2.00 bits per heavy atom. The Balaban J connectivity index is 0. The van der Waals surface area contributed by atoms with Crippen LogP contribution in [-0.2, 0) is 0 Å². The average molecular weight is 180 g/mol. The molecule has 1 rings (SSSR count). The van der Waals surface area contributed by atoms with Crippen molar-refractivity contribution < 1.29 is 35.8 Å². The zero-order valence-corrected chi connectivity index (χ0v) is 7.46. The van der Waals surface area contributed by atoms with E-state index in [9.17, 15) is 0 Å². The second-order valence-corrected chi connectivity index (χ2v) is 1.68. The van der Waals surface area contributed by atoms with Gasteiger partial charge in [-0.3, -0.25) is 0 Å². The topological polar surface area (TPSA) is 0 Å². The number of halogens is 1. The van der Waals surface area contributed by atoms with E-state index < -0.39 is 0 Å². The third-order valence-corrected chi connectivity index (χ3v) is 0.921. The molecule has 0 amide bonds. The summed E-state index contributed by atoms with van der Waals surface area (Å²) in [7, 11) is 3.17. The van der Waals surface area contributed by atoms with Gasteiger partial charge in [-0.15, -0.1) is 5.73 Å². The molecule has 3 radical (unpaired) electrons. The Hall–Kier alpha value is 0.814. The van der Waals surface area contributed by atoms with Crippen LogP contribution >= 0.6 is 0 Å². The maximum Gasteiger partial charge on any atom is 1.00 e.